The van der Waals surface area contributed by atoms with Crippen LogP contribution < -0.4 is 0 Å². The van der Waals surface area contributed by atoms with Gasteiger partial charge in [0.05, 0.1) is 4.92 Å². The monoisotopic (exact) mass is 244 g/mol. The standard InChI is InChI=1S/C13H12N2O3/c1-2-9-5-6-10(8-11(9)15(17)18)13-12(16)4-3-7-14-13/h3-8,16H,2H2,1H3. The van der Waals surface area contributed by atoms with E-state index in [0.29, 0.717) is 23.2 Å². The molecule has 0 aliphatic carbocycles. The first-order valence-corrected chi connectivity index (χ1v) is 5.55. The summed E-state index contributed by atoms with van der Waals surface area (Å²) in [5.41, 5.74) is 1.61. The van der Waals surface area contributed by atoms with Crippen molar-refractivity contribution >= 4 is 5.69 Å². The first-order valence-electron chi connectivity index (χ1n) is 5.55. The summed E-state index contributed by atoms with van der Waals surface area (Å²) in [6.45, 7) is 1.86. The van der Waals surface area contributed by atoms with Gasteiger partial charge in [0.2, 0.25) is 0 Å². The molecule has 0 amide bonds. The molecule has 2 rings (SSSR count). The molecule has 92 valence electrons. The van der Waals surface area contributed by atoms with Crippen LogP contribution >= 0.6 is 0 Å². The Morgan fingerprint density at radius 1 is 1.39 bits per heavy atom. The number of pyridine rings is 1. The molecule has 5 heteroatoms. The highest BCUT2D eigenvalue weighted by Gasteiger charge is 2.15. The number of nitro groups is 1. The van der Waals surface area contributed by atoms with Crippen molar-refractivity contribution in [2.45, 2.75) is 13.3 Å². The maximum Gasteiger partial charge on any atom is 0.273 e. The van der Waals surface area contributed by atoms with Crippen LogP contribution in [-0.2, 0) is 6.42 Å². The van der Waals surface area contributed by atoms with Gasteiger partial charge in [-0.15, -0.1) is 0 Å². The lowest BCUT2D eigenvalue weighted by Crippen LogP contribution is -1.95. The molecule has 0 radical (unpaired) electrons. The van der Waals surface area contributed by atoms with Gasteiger partial charge < -0.3 is 5.11 Å². The molecule has 0 aliphatic rings. The fraction of sp³-hybridized carbons (Fsp3) is 0.154. The number of rotatable bonds is 3. The Bertz CT molecular complexity index is 597. The van der Waals surface area contributed by atoms with Crippen LogP contribution in [0.1, 0.15) is 12.5 Å². The van der Waals surface area contributed by atoms with Gasteiger partial charge in [-0.3, -0.25) is 15.1 Å². The maximum atomic E-state index is 11.0. The number of benzene rings is 1. The van der Waals surface area contributed by atoms with Crippen LogP contribution in [0.3, 0.4) is 0 Å². The second-order valence-electron chi connectivity index (χ2n) is 3.83. The summed E-state index contributed by atoms with van der Waals surface area (Å²) in [4.78, 5) is 14.6. The fourth-order valence-corrected chi connectivity index (χ4v) is 1.80. The number of aromatic hydroxyl groups is 1. The molecule has 1 N–H and O–H groups in total. The minimum absolute atomic E-state index is 0.0102. The van der Waals surface area contributed by atoms with Crippen molar-refractivity contribution < 1.29 is 10.0 Å². The second kappa shape index (κ2) is 4.83. The number of nitro benzene ring substituents is 1. The predicted molar refractivity (Wildman–Crippen MR) is 67.4 cm³/mol. The molecular formula is C13H12N2O3. The molecule has 1 heterocycles. The average molecular weight is 244 g/mol. The highest BCUT2D eigenvalue weighted by Crippen LogP contribution is 2.30. The minimum atomic E-state index is -0.414. The quantitative estimate of drug-likeness (QED) is 0.665. The summed E-state index contributed by atoms with van der Waals surface area (Å²) in [6, 6.07) is 7.98. The third-order valence-electron chi connectivity index (χ3n) is 2.72. The largest absolute Gasteiger partial charge is 0.506 e. The van der Waals surface area contributed by atoms with Crippen molar-refractivity contribution in [1.82, 2.24) is 4.98 Å². The number of nitrogens with zero attached hydrogens (tertiary/aromatic N) is 2. The third-order valence-corrected chi connectivity index (χ3v) is 2.72. The van der Waals surface area contributed by atoms with E-state index in [1.807, 2.05) is 6.92 Å². The van der Waals surface area contributed by atoms with Crippen LogP contribution in [0.2, 0.25) is 0 Å². The van der Waals surface area contributed by atoms with Gasteiger partial charge in [0.15, 0.2) is 0 Å². The number of hydrogen-bond acceptors (Lipinski definition) is 4. The molecule has 1 aromatic heterocycles. The predicted octanol–water partition coefficient (Wildman–Crippen LogP) is 2.92. The van der Waals surface area contributed by atoms with E-state index in [2.05, 4.69) is 4.98 Å². The Labute approximate surface area is 104 Å². The number of aryl methyl sites for hydroxylation is 1. The Morgan fingerprint density at radius 3 is 2.78 bits per heavy atom. The molecule has 0 atom stereocenters. The molecule has 0 aliphatic heterocycles. The third kappa shape index (κ3) is 2.15. The molecule has 0 fully saturated rings. The zero-order valence-electron chi connectivity index (χ0n) is 9.83. The maximum absolute atomic E-state index is 11.0. The first kappa shape index (κ1) is 12.0. The summed E-state index contributed by atoms with van der Waals surface area (Å²) in [5, 5.41) is 20.7. The van der Waals surface area contributed by atoms with Crippen LogP contribution in [0.25, 0.3) is 11.3 Å². The zero-order valence-corrected chi connectivity index (χ0v) is 9.83. The Balaban J connectivity index is 2.57. The van der Waals surface area contributed by atoms with Crippen LogP contribution in [0.5, 0.6) is 5.75 Å². The van der Waals surface area contributed by atoms with Crippen molar-refractivity contribution in [2.24, 2.45) is 0 Å². The van der Waals surface area contributed by atoms with Gasteiger partial charge in [-0.25, -0.2) is 0 Å². The van der Waals surface area contributed by atoms with Gasteiger partial charge in [0.1, 0.15) is 11.4 Å². The van der Waals surface area contributed by atoms with E-state index in [-0.39, 0.29) is 11.4 Å². The molecule has 0 saturated carbocycles. The van der Waals surface area contributed by atoms with E-state index < -0.39 is 4.92 Å². The molecule has 0 bridgehead atoms. The normalized spacial score (nSPS) is 10.3. The summed E-state index contributed by atoms with van der Waals surface area (Å²) < 4.78 is 0. The summed E-state index contributed by atoms with van der Waals surface area (Å²) in [6.07, 6.45) is 2.12. The lowest BCUT2D eigenvalue weighted by molar-refractivity contribution is -0.385. The van der Waals surface area contributed by atoms with Crippen molar-refractivity contribution in [1.29, 1.82) is 0 Å². The lowest BCUT2D eigenvalue weighted by atomic mass is 10.0. The summed E-state index contributed by atoms with van der Waals surface area (Å²) in [5.74, 6) is 0.0102. The Kier molecular flexibility index (Phi) is 3.23. The van der Waals surface area contributed by atoms with E-state index in [0.717, 1.165) is 0 Å². The van der Waals surface area contributed by atoms with Crippen LogP contribution in [0, 0.1) is 10.1 Å². The van der Waals surface area contributed by atoms with Crippen molar-refractivity contribution in [3.8, 4) is 17.0 Å². The van der Waals surface area contributed by atoms with Crippen molar-refractivity contribution in [3.63, 3.8) is 0 Å². The van der Waals surface area contributed by atoms with Gasteiger partial charge in [0.25, 0.3) is 5.69 Å². The average Bonchev–Trinajstić information content (AvgIpc) is 2.38. The molecule has 1 aromatic carbocycles. The zero-order chi connectivity index (χ0) is 13.1. The van der Waals surface area contributed by atoms with E-state index >= 15 is 0 Å². The van der Waals surface area contributed by atoms with Gasteiger partial charge in [0, 0.05) is 23.4 Å². The van der Waals surface area contributed by atoms with Crippen LogP contribution in [0.4, 0.5) is 5.69 Å². The molecule has 2 aromatic rings. The first-order chi connectivity index (χ1) is 8.63. The van der Waals surface area contributed by atoms with Gasteiger partial charge in [-0.05, 0) is 18.6 Å². The number of aromatic nitrogens is 1. The smallest absolute Gasteiger partial charge is 0.273 e. The van der Waals surface area contributed by atoms with Gasteiger partial charge in [-0.2, -0.15) is 0 Å². The SMILES string of the molecule is CCc1ccc(-c2ncccc2O)cc1[N+](=O)[O-]. The molecule has 0 spiro atoms. The highest BCUT2D eigenvalue weighted by atomic mass is 16.6. The molecule has 0 saturated heterocycles. The number of hydrogen-bond donors (Lipinski definition) is 1. The van der Waals surface area contributed by atoms with Crippen LogP contribution in [0.15, 0.2) is 36.5 Å². The fourth-order valence-electron chi connectivity index (χ4n) is 1.80. The molecule has 5 nitrogen and oxygen atoms in total. The van der Waals surface area contributed by atoms with Crippen molar-refractivity contribution in [2.75, 3.05) is 0 Å². The Morgan fingerprint density at radius 2 is 2.17 bits per heavy atom. The molecule has 18 heavy (non-hydrogen) atoms. The van der Waals surface area contributed by atoms with E-state index in [9.17, 15) is 15.2 Å². The Hall–Kier alpha value is -2.43. The summed E-state index contributed by atoms with van der Waals surface area (Å²) in [7, 11) is 0. The van der Waals surface area contributed by atoms with Crippen molar-refractivity contribution in [3.05, 3.63) is 52.2 Å². The van der Waals surface area contributed by atoms with Crippen LogP contribution in [-0.4, -0.2) is 15.0 Å². The van der Waals surface area contributed by atoms with E-state index in [1.54, 1.807) is 18.2 Å². The minimum Gasteiger partial charge on any atom is -0.506 e. The van der Waals surface area contributed by atoms with Gasteiger partial charge in [-0.1, -0.05) is 19.1 Å². The molecular weight excluding hydrogens is 232 g/mol. The van der Waals surface area contributed by atoms with E-state index in [1.165, 1.54) is 18.3 Å². The summed E-state index contributed by atoms with van der Waals surface area (Å²) >= 11 is 0. The van der Waals surface area contributed by atoms with Gasteiger partial charge >= 0.3 is 0 Å². The topological polar surface area (TPSA) is 76.3 Å². The van der Waals surface area contributed by atoms with E-state index in [4.69, 9.17) is 0 Å². The molecule has 0 unspecified atom stereocenters. The highest BCUT2D eigenvalue weighted by molar-refractivity contribution is 5.69. The second-order valence-corrected chi connectivity index (χ2v) is 3.83. The lowest BCUT2D eigenvalue weighted by Gasteiger charge is -2.05.